The van der Waals surface area contributed by atoms with Gasteiger partial charge >= 0.3 is 6.03 Å². The SMILES string of the molecule is Cc1cccc(C2(O)N(c3ccc(Br)cc3)C(=O)N(c3ccc(C#N)cc3)C23CCCC3)c1. The van der Waals surface area contributed by atoms with Crippen LogP contribution in [0.4, 0.5) is 16.2 Å². The van der Waals surface area contributed by atoms with Gasteiger partial charge in [-0.3, -0.25) is 9.80 Å². The molecule has 33 heavy (non-hydrogen) atoms. The van der Waals surface area contributed by atoms with Crippen molar-refractivity contribution >= 4 is 33.3 Å². The molecule has 0 aromatic heterocycles. The second-order valence-corrected chi connectivity index (χ2v) is 9.78. The summed E-state index contributed by atoms with van der Waals surface area (Å²) in [6, 6.07) is 24.2. The van der Waals surface area contributed by atoms with Gasteiger partial charge in [0, 0.05) is 21.4 Å². The maximum atomic E-state index is 14.2. The Bertz CT molecular complexity index is 1240. The van der Waals surface area contributed by atoms with Gasteiger partial charge in [-0.25, -0.2) is 4.79 Å². The normalized spacial score (nSPS) is 21.6. The highest BCUT2D eigenvalue weighted by molar-refractivity contribution is 9.10. The van der Waals surface area contributed by atoms with Crippen molar-refractivity contribution in [1.29, 1.82) is 5.26 Å². The predicted octanol–water partition coefficient (Wildman–Crippen LogP) is 6.23. The fraction of sp³-hybridized carbons (Fsp3) is 0.259. The molecule has 5 rings (SSSR count). The van der Waals surface area contributed by atoms with Crippen molar-refractivity contribution in [3.8, 4) is 6.07 Å². The predicted molar refractivity (Wildman–Crippen MR) is 132 cm³/mol. The van der Waals surface area contributed by atoms with Gasteiger partial charge in [-0.2, -0.15) is 5.26 Å². The molecule has 1 atom stereocenters. The summed E-state index contributed by atoms with van der Waals surface area (Å²) in [4.78, 5) is 17.5. The van der Waals surface area contributed by atoms with Crippen molar-refractivity contribution in [3.05, 3.63) is 94.0 Å². The second kappa shape index (κ2) is 8.02. The lowest BCUT2D eigenvalue weighted by atomic mass is 9.78. The Morgan fingerprint density at radius 2 is 1.55 bits per heavy atom. The molecule has 0 radical (unpaired) electrons. The van der Waals surface area contributed by atoms with Crippen molar-refractivity contribution in [2.24, 2.45) is 0 Å². The van der Waals surface area contributed by atoms with Crippen LogP contribution in [0.15, 0.2) is 77.3 Å². The lowest BCUT2D eigenvalue weighted by Gasteiger charge is -2.45. The van der Waals surface area contributed by atoms with E-state index in [4.69, 9.17) is 0 Å². The number of hydrogen-bond acceptors (Lipinski definition) is 3. The van der Waals surface area contributed by atoms with Crippen LogP contribution in [-0.2, 0) is 5.72 Å². The van der Waals surface area contributed by atoms with E-state index >= 15 is 0 Å². The van der Waals surface area contributed by atoms with Crippen molar-refractivity contribution in [2.75, 3.05) is 9.80 Å². The van der Waals surface area contributed by atoms with Crippen LogP contribution in [0.3, 0.4) is 0 Å². The molecule has 1 heterocycles. The lowest BCUT2D eigenvalue weighted by molar-refractivity contribution is -0.0152. The Hall–Kier alpha value is -3.14. The molecule has 0 bridgehead atoms. The minimum atomic E-state index is -1.56. The third kappa shape index (κ3) is 3.18. The van der Waals surface area contributed by atoms with Crippen LogP contribution in [0.1, 0.15) is 42.4 Å². The van der Waals surface area contributed by atoms with E-state index in [0.717, 1.165) is 22.9 Å². The summed E-state index contributed by atoms with van der Waals surface area (Å²) < 4.78 is 0.900. The Morgan fingerprint density at radius 1 is 0.939 bits per heavy atom. The van der Waals surface area contributed by atoms with Gasteiger partial charge in [0.1, 0.15) is 5.54 Å². The number of benzene rings is 3. The number of halogens is 1. The summed E-state index contributed by atoms with van der Waals surface area (Å²) in [6.07, 6.45) is 3.19. The monoisotopic (exact) mass is 501 g/mol. The Labute approximate surface area is 202 Å². The van der Waals surface area contributed by atoms with Crippen molar-refractivity contribution in [2.45, 2.75) is 43.9 Å². The molecule has 5 nitrogen and oxygen atoms in total. The number of aliphatic hydroxyl groups is 1. The van der Waals surface area contributed by atoms with Gasteiger partial charge in [0.2, 0.25) is 0 Å². The fourth-order valence-electron chi connectivity index (χ4n) is 5.51. The molecule has 2 amide bonds. The molecule has 1 saturated heterocycles. The van der Waals surface area contributed by atoms with Gasteiger partial charge in [0.05, 0.1) is 11.6 Å². The number of carbonyl (C=O) groups is 1. The Morgan fingerprint density at radius 3 is 2.15 bits per heavy atom. The van der Waals surface area contributed by atoms with Crippen molar-refractivity contribution in [3.63, 3.8) is 0 Å². The summed E-state index contributed by atoms with van der Waals surface area (Å²) in [5.41, 5.74) is 1.18. The highest BCUT2D eigenvalue weighted by atomic mass is 79.9. The molecule has 1 saturated carbocycles. The van der Waals surface area contributed by atoms with E-state index in [1.807, 2.05) is 55.5 Å². The highest BCUT2D eigenvalue weighted by Crippen LogP contribution is 2.57. The topological polar surface area (TPSA) is 67.6 Å². The zero-order valence-electron chi connectivity index (χ0n) is 18.3. The quantitative estimate of drug-likeness (QED) is 0.462. The van der Waals surface area contributed by atoms with Gasteiger partial charge in [0.15, 0.2) is 5.72 Å². The van der Waals surface area contributed by atoms with Crippen LogP contribution in [-0.4, -0.2) is 16.7 Å². The first-order valence-corrected chi connectivity index (χ1v) is 11.9. The van der Waals surface area contributed by atoms with E-state index in [0.29, 0.717) is 35.3 Å². The van der Waals surface area contributed by atoms with E-state index in [1.165, 1.54) is 0 Å². The van der Waals surface area contributed by atoms with Crippen LogP contribution >= 0.6 is 15.9 Å². The summed E-state index contributed by atoms with van der Waals surface area (Å²) in [7, 11) is 0. The molecule has 1 spiro atoms. The maximum absolute atomic E-state index is 14.2. The summed E-state index contributed by atoms with van der Waals surface area (Å²) in [6.45, 7) is 1.99. The second-order valence-electron chi connectivity index (χ2n) is 8.87. The molecule has 2 fully saturated rings. The van der Waals surface area contributed by atoms with E-state index in [1.54, 1.807) is 34.1 Å². The molecule has 1 aliphatic heterocycles. The third-order valence-electron chi connectivity index (χ3n) is 6.97. The third-order valence-corrected chi connectivity index (χ3v) is 7.50. The van der Waals surface area contributed by atoms with Gasteiger partial charge in [-0.05, 0) is 68.3 Å². The van der Waals surface area contributed by atoms with E-state index < -0.39 is 11.3 Å². The molecule has 166 valence electrons. The smallest absolute Gasteiger partial charge is 0.332 e. The number of nitrogens with zero attached hydrogens (tertiary/aromatic N) is 3. The molecular weight excluding hydrogens is 478 g/mol. The van der Waals surface area contributed by atoms with Gasteiger partial charge in [-0.15, -0.1) is 0 Å². The Balaban J connectivity index is 1.78. The van der Waals surface area contributed by atoms with Gasteiger partial charge in [-0.1, -0.05) is 58.6 Å². The summed E-state index contributed by atoms with van der Waals surface area (Å²) in [5.74, 6) is 0. The molecule has 1 N–H and O–H groups in total. The molecule has 3 aromatic carbocycles. The molecule has 1 aliphatic carbocycles. The largest absolute Gasteiger partial charge is 0.364 e. The van der Waals surface area contributed by atoms with E-state index in [9.17, 15) is 15.2 Å². The maximum Gasteiger partial charge on any atom is 0.332 e. The molecule has 1 unspecified atom stereocenters. The molecule has 3 aromatic rings. The number of urea groups is 1. The van der Waals surface area contributed by atoms with Crippen LogP contribution in [0, 0.1) is 18.3 Å². The number of aryl methyl sites for hydroxylation is 1. The fourth-order valence-corrected chi connectivity index (χ4v) is 5.77. The zero-order valence-corrected chi connectivity index (χ0v) is 19.9. The first-order chi connectivity index (χ1) is 15.9. The minimum absolute atomic E-state index is 0.270. The number of hydrogen-bond donors (Lipinski definition) is 1. The minimum Gasteiger partial charge on any atom is -0.364 e. The average molecular weight is 502 g/mol. The standard InChI is InChI=1S/C27H24BrN3O2/c1-19-5-4-6-21(17-19)27(33)26(15-2-3-16-26)30(23-11-7-20(18-29)8-12-23)25(32)31(27)24-13-9-22(28)10-14-24/h4-14,17,33H,2-3,15-16H2,1H3. The van der Waals surface area contributed by atoms with E-state index in [-0.39, 0.29) is 6.03 Å². The number of nitriles is 1. The first-order valence-electron chi connectivity index (χ1n) is 11.1. The zero-order chi connectivity index (χ0) is 23.2. The number of amides is 2. The van der Waals surface area contributed by atoms with Crippen LogP contribution in [0.2, 0.25) is 0 Å². The number of rotatable bonds is 3. The summed E-state index contributed by atoms with van der Waals surface area (Å²) >= 11 is 3.47. The van der Waals surface area contributed by atoms with Crippen LogP contribution in [0.5, 0.6) is 0 Å². The Kier molecular flexibility index (Phi) is 5.27. The number of carbonyl (C=O) groups excluding carboxylic acids is 1. The molecule has 6 heteroatoms. The molecular formula is C27H24BrN3O2. The summed E-state index contributed by atoms with van der Waals surface area (Å²) in [5, 5.41) is 22.0. The van der Waals surface area contributed by atoms with Crippen molar-refractivity contribution < 1.29 is 9.90 Å². The number of anilines is 2. The van der Waals surface area contributed by atoms with Gasteiger partial charge < -0.3 is 5.11 Å². The van der Waals surface area contributed by atoms with Crippen LogP contribution in [0.25, 0.3) is 0 Å². The van der Waals surface area contributed by atoms with Gasteiger partial charge in [0.25, 0.3) is 0 Å². The lowest BCUT2D eigenvalue weighted by Crippen LogP contribution is -2.58. The first kappa shape index (κ1) is 21.7. The van der Waals surface area contributed by atoms with E-state index in [2.05, 4.69) is 22.0 Å². The van der Waals surface area contributed by atoms with Crippen molar-refractivity contribution in [1.82, 2.24) is 0 Å². The highest BCUT2D eigenvalue weighted by Gasteiger charge is 2.68. The van der Waals surface area contributed by atoms with Crippen LogP contribution < -0.4 is 9.80 Å². The molecule has 2 aliphatic rings. The average Bonchev–Trinajstić information content (AvgIpc) is 3.38.